The van der Waals surface area contributed by atoms with Gasteiger partial charge in [0.05, 0.1) is 0 Å². The van der Waals surface area contributed by atoms with Gasteiger partial charge >= 0.3 is 0 Å². The van der Waals surface area contributed by atoms with Gasteiger partial charge in [0.25, 0.3) is 0 Å². The fourth-order valence-electron chi connectivity index (χ4n) is 1.28. The molecule has 0 aliphatic heterocycles. The Kier molecular flexibility index (Phi) is 3.08. The smallest absolute Gasteiger partial charge is 0.0431 e. The van der Waals surface area contributed by atoms with E-state index < -0.39 is 0 Å². The monoisotopic (exact) mass is 220 g/mol. The van der Waals surface area contributed by atoms with Crippen molar-refractivity contribution in [2.24, 2.45) is 0 Å². The van der Waals surface area contributed by atoms with Crippen LogP contribution in [0.4, 0.5) is 0 Å². The molecule has 0 bridgehead atoms. The summed E-state index contributed by atoms with van der Waals surface area (Å²) in [5.74, 6) is 6.81. The first-order valence-electron chi connectivity index (χ1n) is 4.43. The standard InChI is InChI=1S/C12H9ClS/c13-8-4-3-5-10-9-14-12-7-2-1-6-11(10)12/h1-2,6-7,9H,4,8H2. The van der Waals surface area contributed by atoms with Gasteiger partial charge in [0.2, 0.25) is 0 Å². The van der Waals surface area contributed by atoms with Crippen LogP contribution < -0.4 is 0 Å². The first kappa shape index (κ1) is 9.58. The molecule has 2 heteroatoms. The maximum atomic E-state index is 5.56. The van der Waals surface area contributed by atoms with E-state index in [9.17, 15) is 0 Å². The van der Waals surface area contributed by atoms with Gasteiger partial charge in [0.15, 0.2) is 0 Å². The number of benzene rings is 1. The van der Waals surface area contributed by atoms with Crippen molar-refractivity contribution in [3.05, 3.63) is 35.2 Å². The Hall–Kier alpha value is -0.970. The van der Waals surface area contributed by atoms with Crippen LogP contribution in [0.15, 0.2) is 29.6 Å². The van der Waals surface area contributed by atoms with E-state index in [2.05, 4.69) is 35.4 Å². The lowest BCUT2D eigenvalue weighted by Crippen LogP contribution is -1.71. The summed E-state index contributed by atoms with van der Waals surface area (Å²) >= 11 is 7.30. The van der Waals surface area contributed by atoms with Crippen molar-refractivity contribution in [1.29, 1.82) is 0 Å². The maximum Gasteiger partial charge on any atom is 0.0431 e. The Morgan fingerprint density at radius 3 is 3.00 bits per heavy atom. The quantitative estimate of drug-likeness (QED) is 0.506. The van der Waals surface area contributed by atoms with Crippen LogP contribution in [0.25, 0.3) is 10.1 Å². The summed E-state index contributed by atoms with van der Waals surface area (Å²) in [7, 11) is 0. The van der Waals surface area contributed by atoms with Gasteiger partial charge in [-0.1, -0.05) is 30.0 Å². The third-order valence-corrected chi connectivity index (χ3v) is 3.08. The van der Waals surface area contributed by atoms with Crippen LogP contribution >= 0.6 is 22.9 Å². The zero-order chi connectivity index (χ0) is 9.80. The largest absolute Gasteiger partial charge is 0.142 e. The molecular formula is C12H9ClS. The molecule has 1 aromatic heterocycles. The second kappa shape index (κ2) is 4.50. The molecule has 0 saturated carbocycles. The average molecular weight is 221 g/mol. The Labute approximate surface area is 92.5 Å². The van der Waals surface area contributed by atoms with Crippen molar-refractivity contribution in [3.63, 3.8) is 0 Å². The molecule has 70 valence electrons. The summed E-state index contributed by atoms with van der Waals surface area (Å²) in [4.78, 5) is 0. The molecule has 2 aromatic rings. The van der Waals surface area contributed by atoms with E-state index in [0.717, 1.165) is 12.0 Å². The predicted octanol–water partition coefficient (Wildman–Crippen LogP) is 3.88. The molecule has 0 saturated heterocycles. The molecule has 0 fully saturated rings. The Morgan fingerprint density at radius 2 is 2.14 bits per heavy atom. The summed E-state index contributed by atoms with van der Waals surface area (Å²) in [6, 6.07) is 8.32. The van der Waals surface area contributed by atoms with Crippen LogP contribution in [0.5, 0.6) is 0 Å². The number of hydrogen-bond acceptors (Lipinski definition) is 1. The number of thiophene rings is 1. The highest BCUT2D eigenvalue weighted by Crippen LogP contribution is 2.24. The van der Waals surface area contributed by atoms with Crippen LogP contribution in [-0.2, 0) is 0 Å². The molecular weight excluding hydrogens is 212 g/mol. The molecule has 0 aliphatic carbocycles. The number of rotatable bonds is 1. The molecule has 1 aromatic carbocycles. The van der Waals surface area contributed by atoms with E-state index in [4.69, 9.17) is 11.6 Å². The maximum absolute atomic E-state index is 5.56. The van der Waals surface area contributed by atoms with Crippen LogP contribution in [0.1, 0.15) is 12.0 Å². The van der Waals surface area contributed by atoms with E-state index >= 15 is 0 Å². The highest BCUT2D eigenvalue weighted by molar-refractivity contribution is 7.17. The van der Waals surface area contributed by atoms with Crippen molar-refractivity contribution >= 4 is 33.0 Å². The average Bonchev–Trinajstić information content (AvgIpc) is 2.63. The first-order valence-corrected chi connectivity index (χ1v) is 5.84. The third-order valence-electron chi connectivity index (χ3n) is 1.92. The second-order valence-corrected chi connectivity index (χ2v) is 4.18. The SMILES string of the molecule is ClCCC#Cc1csc2ccccc12. The van der Waals surface area contributed by atoms with Crippen molar-refractivity contribution in [3.8, 4) is 11.8 Å². The Morgan fingerprint density at radius 1 is 1.29 bits per heavy atom. The number of halogens is 1. The van der Waals surface area contributed by atoms with Crippen LogP contribution in [0.2, 0.25) is 0 Å². The lowest BCUT2D eigenvalue weighted by molar-refractivity contribution is 1.29. The molecule has 0 amide bonds. The molecule has 2 rings (SSSR count). The molecule has 0 spiro atoms. The number of hydrogen-bond donors (Lipinski definition) is 0. The van der Waals surface area contributed by atoms with Gasteiger partial charge in [-0.3, -0.25) is 0 Å². The summed E-state index contributed by atoms with van der Waals surface area (Å²) in [6.07, 6.45) is 0.756. The van der Waals surface area contributed by atoms with Crippen LogP contribution in [0, 0.1) is 11.8 Å². The minimum Gasteiger partial charge on any atom is -0.142 e. The topological polar surface area (TPSA) is 0 Å². The minimum atomic E-state index is 0.606. The highest BCUT2D eigenvalue weighted by atomic mass is 35.5. The fraction of sp³-hybridized carbons (Fsp3) is 0.167. The van der Waals surface area contributed by atoms with E-state index in [1.165, 1.54) is 10.1 Å². The molecule has 0 aliphatic rings. The van der Waals surface area contributed by atoms with E-state index in [-0.39, 0.29) is 0 Å². The molecule has 0 unspecified atom stereocenters. The predicted molar refractivity (Wildman–Crippen MR) is 64.0 cm³/mol. The lowest BCUT2D eigenvalue weighted by Gasteiger charge is -1.87. The van der Waals surface area contributed by atoms with E-state index in [1.54, 1.807) is 11.3 Å². The summed E-state index contributed by atoms with van der Waals surface area (Å²) in [5, 5.41) is 3.35. The van der Waals surface area contributed by atoms with Crippen molar-refractivity contribution in [1.82, 2.24) is 0 Å². The molecule has 0 N–H and O–H groups in total. The molecule has 0 radical (unpaired) electrons. The Balaban J connectivity index is 2.40. The summed E-state index contributed by atoms with van der Waals surface area (Å²) in [5.41, 5.74) is 1.12. The van der Waals surface area contributed by atoms with Gasteiger partial charge in [-0.2, -0.15) is 0 Å². The summed E-state index contributed by atoms with van der Waals surface area (Å²) in [6.45, 7) is 0. The molecule has 0 atom stereocenters. The van der Waals surface area contributed by atoms with Crippen molar-refractivity contribution < 1.29 is 0 Å². The first-order chi connectivity index (χ1) is 6.92. The van der Waals surface area contributed by atoms with Crippen molar-refractivity contribution in [2.45, 2.75) is 6.42 Å². The van der Waals surface area contributed by atoms with E-state index in [1.807, 2.05) is 6.07 Å². The van der Waals surface area contributed by atoms with Gasteiger partial charge in [0, 0.05) is 33.3 Å². The van der Waals surface area contributed by atoms with Gasteiger partial charge in [-0.05, 0) is 6.07 Å². The number of fused-ring (bicyclic) bond motifs is 1. The lowest BCUT2D eigenvalue weighted by atomic mass is 10.2. The van der Waals surface area contributed by atoms with Gasteiger partial charge < -0.3 is 0 Å². The van der Waals surface area contributed by atoms with Gasteiger partial charge in [0.1, 0.15) is 0 Å². The normalized spacial score (nSPS) is 9.79. The third kappa shape index (κ3) is 1.92. The van der Waals surface area contributed by atoms with Crippen molar-refractivity contribution in [2.75, 3.05) is 5.88 Å². The van der Waals surface area contributed by atoms with E-state index in [0.29, 0.717) is 5.88 Å². The molecule has 1 heterocycles. The zero-order valence-electron chi connectivity index (χ0n) is 7.59. The van der Waals surface area contributed by atoms with Gasteiger partial charge in [-0.25, -0.2) is 0 Å². The van der Waals surface area contributed by atoms with Gasteiger partial charge in [-0.15, -0.1) is 22.9 Å². The summed E-state index contributed by atoms with van der Waals surface area (Å²) < 4.78 is 1.29. The van der Waals surface area contributed by atoms with Crippen LogP contribution in [-0.4, -0.2) is 5.88 Å². The highest BCUT2D eigenvalue weighted by Gasteiger charge is 1.98. The zero-order valence-corrected chi connectivity index (χ0v) is 9.16. The number of alkyl halides is 1. The second-order valence-electron chi connectivity index (χ2n) is 2.89. The molecule has 0 nitrogen and oxygen atoms in total. The Bertz CT molecular complexity index is 487. The minimum absolute atomic E-state index is 0.606. The fourth-order valence-corrected chi connectivity index (χ4v) is 2.27. The van der Waals surface area contributed by atoms with Crippen LogP contribution in [0.3, 0.4) is 0 Å². The molecule has 14 heavy (non-hydrogen) atoms.